The van der Waals surface area contributed by atoms with Gasteiger partial charge in [-0.2, -0.15) is 0 Å². The number of hydrogen-bond acceptors (Lipinski definition) is 4. The Hall–Kier alpha value is -1.83. The molecule has 0 aliphatic rings. The van der Waals surface area contributed by atoms with Gasteiger partial charge in [-0.1, -0.05) is 0 Å². The van der Waals surface area contributed by atoms with E-state index in [1.807, 2.05) is 5.48 Å². The van der Waals surface area contributed by atoms with Crippen molar-refractivity contribution in [2.75, 3.05) is 6.61 Å². The Morgan fingerprint density at radius 2 is 1.93 bits per heavy atom. The third-order valence-electron chi connectivity index (χ3n) is 1.14. The van der Waals surface area contributed by atoms with E-state index in [1.165, 1.54) is 6.92 Å². The van der Waals surface area contributed by atoms with E-state index in [0.717, 1.165) is 0 Å². The highest BCUT2D eigenvalue weighted by Crippen LogP contribution is 1.81. The summed E-state index contributed by atoms with van der Waals surface area (Å²) in [5, 5.41) is 2.11. The van der Waals surface area contributed by atoms with Crippen LogP contribution in [0.2, 0.25) is 0 Å². The average Bonchev–Trinajstić information content (AvgIpc) is 2.01. The Morgan fingerprint density at radius 1 is 1.36 bits per heavy atom. The molecule has 0 rings (SSSR count). The molecule has 1 unspecified atom stereocenters. The number of carbonyl (C=O) groups excluding carboxylic acids is 3. The van der Waals surface area contributed by atoms with E-state index in [9.17, 15) is 14.4 Å². The minimum absolute atomic E-state index is 0.435. The van der Waals surface area contributed by atoms with Gasteiger partial charge in [-0.25, -0.2) is 10.3 Å². The van der Waals surface area contributed by atoms with Crippen molar-refractivity contribution in [1.82, 2.24) is 10.8 Å². The van der Waals surface area contributed by atoms with Crippen LogP contribution in [0.5, 0.6) is 0 Å². The summed E-state index contributed by atoms with van der Waals surface area (Å²) in [5.41, 5.74) is 11.4. The molecule has 0 saturated heterocycles. The van der Waals surface area contributed by atoms with Crippen LogP contribution in [-0.4, -0.2) is 30.5 Å². The lowest BCUT2D eigenvalue weighted by molar-refractivity contribution is -0.139. The Balaban J connectivity index is 3.73. The van der Waals surface area contributed by atoms with Crippen molar-refractivity contribution in [3.05, 3.63) is 0 Å². The fourth-order valence-electron chi connectivity index (χ4n) is 0.546. The molecule has 80 valence electrons. The highest BCUT2D eigenvalue weighted by Gasteiger charge is 2.13. The maximum atomic E-state index is 11.0. The molecule has 0 aromatic rings. The number of hydroxylamine groups is 1. The number of nitrogens with two attached hydrogens (primary N) is 2. The van der Waals surface area contributed by atoms with E-state index >= 15 is 0 Å². The summed E-state index contributed by atoms with van der Waals surface area (Å²) in [4.78, 5) is 35.9. The number of carbonyl (C=O) groups is 3. The lowest BCUT2D eigenvalue weighted by Gasteiger charge is -2.11. The third-order valence-corrected chi connectivity index (χ3v) is 1.14. The highest BCUT2D eigenvalue weighted by atomic mass is 16.7. The van der Waals surface area contributed by atoms with Crippen molar-refractivity contribution < 1.29 is 19.2 Å². The lowest BCUT2D eigenvalue weighted by Crippen LogP contribution is -2.47. The third kappa shape index (κ3) is 5.77. The quantitative estimate of drug-likeness (QED) is 0.370. The zero-order chi connectivity index (χ0) is 11.1. The van der Waals surface area contributed by atoms with Crippen molar-refractivity contribution in [1.29, 1.82) is 0 Å². The summed E-state index contributed by atoms with van der Waals surface area (Å²) < 4.78 is 0. The van der Waals surface area contributed by atoms with Crippen molar-refractivity contribution in [2.45, 2.75) is 13.0 Å². The summed E-state index contributed by atoms with van der Waals surface area (Å²) in [6.07, 6.45) is 0. The van der Waals surface area contributed by atoms with Crippen LogP contribution in [0.3, 0.4) is 0 Å². The molecular formula is C6H12N4O4. The summed E-state index contributed by atoms with van der Waals surface area (Å²) in [7, 11) is 0. The molecule has 0 radical (unpaired) electrons. The number of primary amides is 2. The maximum Gasteiger partial charge on any atom is 0.312 e. The van der Waals surface area contributed by atoms with Crippen LogP contribution in [0.25, 0.3) is 0 Å². The van der Waals surface area contributed by atoms with Gasteiger partial charge in [0.1, 0.15) is 6.04 Å². The first kappa shape index (κ1) is 12.2. The number of hydrogen-bond donors (Lipinski definition) is 4. The van der Waals surface area contributed by atoms with E-state index in [4.69, 9.17) is 11.5 Å². The molecule has 1 atom stereocenters. The second-order valence-corrected chi connectivity index (χ2v) is 2.45. The fraction of sp³-hybridized carbons (Fsp3) is 0.500. The van der Waals surface area contributed by atoms with Gasteiger partial charge in [-0.3, -0.25) is 14.4 Å². The van der Waals surface area contributed by atoms with Crippen LogP contribution in [0.1, 0.15) is 6.92 Å². The Kier molecular flexibility index (Phi) is 5.00. The van der Waals surface area contributed by atoms with E-state index in [-0.39, 0.29) is 0 Å². The predicted molar refractivity (Wildman–Crippen MR) is 45.5 cm³/mol. The minimum atomic E-state index is -0.847. The van der Waals surface area contributed by atoms with Gasteiger partial charge in [0.15, 0.2) is 6.61 Å². The van der Waals surface area contributed by atoms with Gasteiger partial charge < -0.3 is 16.8 Å². The largest absolute Gasteiger partial charge is 0.368 e. The molecule has 14 heavy (non-hydrogen) atoms. The predicted octanol–water partition coefficient (Wildman–Crippen LogP) is -2.42. The standard InChI is InChI=1S/C6H12N4O4/c1-3(9-6(8)13)5(12)10-14-2-4(7)11/h3H,2H2,1H3,(H2,7,11)(H,10,12)(H3,8,9,13). The topological polar surface area (TPSA) is 137 Å². The molecular weight excluding hydrogens is 192 g/mol. The molecule has 0 spiro atoms. The number of urea groups is 1. The maximum absolute atomic E-state index is 11.0. The fourth-order valence-corrected chi connectivity index (χ4v) is 0.546. The van der Waals surface area contributed by atoms with Crippen molar-refractivity contribution in [2.24, 2.45) is 11.5 Å². The zero-order valence-corrected chi connectivity index (χ0v) is 7.57. The molecule has 6 N–H and O–H groups in total. The molecule has 0 aliphatic carbocycles. The van der Waals surface area contributed by atoms with Gasteiger partial charge in [0.05, 0.1) is 0 Å². The van der Waals surface area contributed by atoms with Crippen LogP contribution in [-0.2, 0) is 14.4 Å². The van der Waals surface area contributed by atoms with E-state index in [2.05, 4.69) is 10.2 Å². The number of amides is 4. The Bertz CT molecular complexity index is 242. The summed E-state index contributed by atoms with van der Waals surface area (Å²) in [6, 6.07) is -1.68. The van der Waals surface area contributed by atoms with Crippen LogP contribution >= 0.6 is 0 Å². The molecule has 0 aliphatic heterocycles. The normalized spacial score (nSPS) is 11.5. The molecule has 4 amide bonds. The summed E-state index contributed by atoms with van der Waals surface area (Å²) in [5.74, 6) is -1.36. The SMILES string of the molecule is CC(NC(N)=O)C(=O)NOCC(N)=O. The van der Waals surface area contributed by atoms with Crippen LogP contribution in [0.4, 0.5) is 4.79 Å². The van der Waals surface area contributed by atoms with E-state index < -0.39 is 30.5 Å². The second kappa shape index (κ2) is 5.75. The molecule has 0 heterocycles. The van der Waals surface area contributed by atoms with E-state index in [1.54, 1.807) is 0 Å². The van der Waals surface area contributed by atoms with Crippen molar-refractivity contribution >= 4 is 17.8 Å². The van der Waals surface area contributed by atoms with Gasteiger partial charge in [-0.05, 0) is 6.92 Å². The van der Waals surface area contributed by atoms with Crippen LogP contribution in [0, 0.1) is 0 Å². The number of nitrogens with one attached hydrogen (secondary N) is 2. The molecule has 8 heteroatoms. The van der Waals surface area contributed by atoms with Crippen molar-refractivity contribution in [3.8, 4) is 0 Å². The molecule has 8 nitrogen and oxygen atoms in total. The molecule has 0 bridgehead atoms. The highest BCUT2D eigenvalue weighted by molar-refractivity contribution is 5.85. The first-order valence-electron chi connectivity index (χ1n) is 3.69. The first-order valence-corrected chi connectivity index (χ1v) is 3.69. The summed E-state index contributed by atoms with van der Waals surface area (Å²) >= 11 is 0. The van der Waals surface area contributed by atoms with Gasteiger partial charge in [0.25, 0.3) is 5.91 Å². The van der Waals surface area contributed by atoms with E-state index in [0.29, 0.717) is 0 Å². The van der Waals surface area contributed by atoms with Crippen LogP contribution < -0.4 is 22.3 Å². The van der Waals surface area contributed by atoms with Gasteiger partial charge in [0, 0.05) is 0 Å². The lowest BCUT2D eigenvalue weighted by atomic mass is 10.3. The van der Waals surface area contributed by atoms with Crippen molar-refractivity contribution in [3.63, 3.8) is 0 Å². The second-order valence-electron chi connectivity index (χ2n) is 2.45. The smallest absolute Gasteiger partial charge is 0.312 e. The van der Waals surface area contributed by atoms with Crippen LogP contribution in [0.15, 0.2) is 0 Å². The Morgan fingerprint density at radius 3 is 2.36 bits per heavy atom. The van der Waals surface area contributed by atoms with Gasteiger partial charge in [-0.15, -0.1) is 0 Å². The molecule has 0 saturated carbocycles. The molecule has 0 fully saturated rings. The first-order chi connectivity index (χ1) is 6.43. The monoisotopic (exact) mass is 204 g/mol. The average molecular weight is 204 g/mol. The number of rotatable bonds is 5. The van der Waals surface area contributed by atoms with Gasteiger partial charge in [0.2, 0.25) is 5.91 Å². The summed E-state index contributed by atoms with van der Waals surface area (Å²) in [6.45, 7) is 0.961. The molecule has 0 aromatic heterocycles. The van der Waals surface area contributed by atoms with Gasteiger partial charge >= 0.3 is 6.03 Å². The Labute approximate surface area is 79.9 Å². The zero-order valence-electron chi connectivity index (χ0n) is 7.57. The molecule has 0 aromatic carbocycles. The minimum Gasteiger partial charge on any atom is -0.368 e.